The summed E-state index contributed by atoms with van der Waals surface area (Å²) in [6.07, 6.45) is 1.62. The number of hydrogen-bond acceptors (Lipinski definition) is 3. The second kappa shape index (κ2) is 7.52. The zero-order valence-electron chi connectivity index (χ0n) is 12.0. The normalized spacial score (nSPS) is 18.1. The first-order valence-corrected chi connectivity index (χ1v) is 7.18. The van der Waals surface area contributed by atoms with Gasteiger partial charge in [-0.15, -0.1) is 0 Å². The molecule has 0 bridgehead atoms. The van der Waals surface area contributed by atoms with Gasteiger partial charge in [-0.05, 0) is 24.3 Å². The van der Waals surface area contributed by atoms with Crippen molar-refractivity contribution in [2.24, 2.45) is 11.7 Å². The molecule has 2 rings (SSSR count). The third-order valence-corrected chi connectivity index (χ3v) is 3.61. The Morgan fingerprint density at radius 2 is 2.19 bits per heavy atom. The van der Waals surface area contributed by atoms with E-state index in [2.05, 4.69) is 5.32 Å². The fraction of sp³-hybridized carbons (Fsp3) is 0.467. The third-order valence-electron chi connectivity index (χ3n) is 3.61. The molecule has 1 aliphatic heterocycles. The lowest BCUT2D eigenvalue weighted by atomic mass is 9.98. The van der Waals surface area contributed by atoms with E-state index in [0.717, 1.165) is 24.9 Å². The Balaban J connectivity index is 1.68. The highest BCUT2D eigenvalue weighted by Crippen LogP contribution is 2.15. The summed E-state index contributed by atoms with van der Waals surface area (Å²) in [7, 11) is 0. The van der Waals surface area contributed by atoms with Gasteiger partial charge in [0, 0.05) is 19.6 Å². The van der Waals surface area contributed by atoms with Crippen molar-refractivity contribution in [2.45, 2.75) is 19.4 Å². The van der Waals surface area contributed by atoms with E-state index in [1.807, 2.05) is 35.2 Å². The summed E-state index contributed by atoms with van der Waals surface area (Å²) in [5.41, 5.74) is 6.46. The summed E-state index contributed by atoms with van der Waals surface area (Å²) in [6.45, 7) is 2.37. The van der Waals surface area contributed by atoms with Gasteiger partial charge in [-0.25, -0.2) is 4.79 Å². The maximum absolute atomic E-state index is 11.7. The van der Waals surface area contributed by atoms with Crippen LogP contribution in [-0.2, 0) is 11.3 Å². The van der Waals surface area contributed by atoms with Crippen LogP contribution in [0.5, 0.6) is 0 Å². The number of ether oxygens (including phenoxy) is 1. The van der Waals surface area contributed by atoms with Crippen molar-refractivity contribution < 1.29 is 9.53 Å². The molecule has 4 N–H and O–H groups in total. The molecule has 6 nitrogen and oxygen atoms in total. The molecule has 0 saturated carbocycles. The lowest BCUT2D eigenvalue weighted by Gasteiger charge is -2.32. The predicted molar refractivity (Wildman–Crippen MR) is 80.8 cm³/mol. The number of carbonyl (C=O) groups is 1. The fourth-order valence-corrected chi connectivity index (χ4v) is 2.45. The summed E-state index contributed by atoms with van der Waals surface area (Å²) in [5, 5.41) is 10.2. The Kier molecular flexibility index (Phi) is 5.43. The van der Waals surface area contributed by atoms with Gasteiger partial charge in [0.15, 0.2) is 5.96 Å². The molecular formula is C15H22N4O2. The van der Waals surface area contributed by atoms with Crippen LogP contribution in [-0.4, -0.2) is 36.6 Å². The summed E-state index contributed by atoms with van der Waals surface area (Å²) in [5.74, 6) is 0.415. The van der Waals surface area contributed by atoms with Gasteiger partial charge in [0.2, 0.25) is 0 Å². The highest BCUT2D eigenvalue weighted by Gasteiger charge is 2.21. The monoisotopic (exact) mass is 290 g/mol. The molecule has 1 saturated heterocycles. The Hall–Kier alpha value is -2.24. The lowest BCUT2D eigenvalue weighted by molar-refractivity contribution is 0.135. The van der Waals surface area contributed by atoms with Gasteiger partial charge < -0.3 is 20.7 Å². The molecule has 21 heavy (non-hydrogen) atoms. The van der Waals surface area contributed by atoms with E-state index >= 15 is 0 Å². The van der Waals surface area contributed by atoms with Crippen molar-refractivity contribution in [2.75, 3.05) is 19.6 Å². The topological polar surface area (TPSA) is 91.4 Å². The molecule has 6 heteroatoms. The first-order valence-electron chi connectivity index (χ1n) is 7.18. The largest absolute Gasteiger partial charge is 0.445 e. The van der Waals surface area contributed by atoms with Crippen LogP contribution in [0.15, 0.2) is 30.3 Å². The lowest BCUT2D eigenvalue weighted by Crippen LogP contribution is -2.46. The second-order valence-corrected chi connectivity index (χ2v) is 5.28. The van der Waals surface area contributed by atoms with E-state index < -0.39 is 6.09 Å². The molecule has 1 aliphatic rings. The number of nitrogens with zero attached hydrogens (tertiary/aromatic N) is 1. The number of benzene rings is 1. The Bertz CT molecular complexity index is 478. The number of rotatable bonds is 4. The molecule has 0 unspecified atom stereocenters. The van der Waals surface area contributed by atoms with Crippen molar-refractivity contribution >= 4 is 12.1 Å². The number of guanidine groups is 1. The van der Waals surface area contributed by atoms with E-state index in [1.165, 1.54) is 0 Å². The van der Waals surface area contributed by atoms with Crippen LogP contribution in [0.25, 0.3) is 0 Å². The Morgan fingerprint density at radius 1 is 1.43 bits per heavy atom. The average molecular weight is 290 g/mol. The quantitative estimate of drug-likeness (QED) is 0.579. The number of alkyl carbamates (subject to hydrolysis) is 1. The molecule has 114 valence electrons. The van der Waals surface area contributed by atoms with Crippen LogP contribution in [0.3, 0.4) is 0 Å². The molecule has 1 fully saturated rings. The summed E-state index contributed by atoms with van der Waals surface area (Å²) in [4.78, 5) is 13.5. The van der Waals surface area contributed by atoms with Crippen LogP contribution in [0, 0.1) is 11.3 Å². The predicted octanol–water partition coefficient (Wildman–Crippen LogP) is 1.52. The first kappa shape index (κ1) is 15.2. The number of piperidine rings is 1. The summed E-state index contributed by atoms with van der Waals surface area (Å²) in [6, 6.07) is 9.58. The molecular weight excluding hydrogens is 268 g/mol. The SMILES string of the molecule is N=C(N)N1CCC[C@H](CNC(=O)OCc2ccccc2)C1. The van der Waals surface area contributed by atoms with Crippen molar-refractivity contribution in [1.82, 2.24) is 10.2 Å². The van der Waals surface area contributed by atoms with Gasteiger partial charge in [0.25, 0.3) is 0 Å². The zero-order valence-corrected chi connectivity index (χ0v) is 12.0. The summed E-state index contributed by atoms with van der Waals surface area (Å²) >= 11 is 0. The third kappa shape index (κ3) is 4.98. The number of likely N-dealkylation sites (tertiary alicyclic amines) is 1. The van der Waals surface area contributed by atoms with Gasteiger partial charge >= 0.3 is 6.09 Å². The van der Waals surface area contributed by atoms with Crippen LogP contribution in [0.4, 0.5) is 4.79 Å². The smallest absolute Gasteiger partial charge is 0.407 e. The number of hydrogen-bond donors (Lipinski definition) is 3. The Labute approximate surface area is 124 Å². The standard InChI is InChI=1S/C15H22N4O2/c16-14(17)19-8-4-7-13(10-19)9-18-15(20)21-11-12-5-2-1-3-6-12/h1-3,5-6,13H,4,7-11H2,(H3,16,17)(H,18,20)/t13-/m1/s1. The maximum atomic E-state index is 11.7. The minimum Gasteiger partial charge on any atom is -0.445 e. The van der Waals surface area contributed by atoms with Crippen molar-refractivity contribution in [1.29, 1.82) is 5.41 Å². The highest BCUT2D eigenvalue weighted by molar-refractivity contribution is 5.74. The van der Waals surface area contributed by atoms with E-state index in [9.17, 15) is 4.79 Å². The minimum absolute atomic E-state index is 0.103. The van der Waals surface area contributed by atoms with Gasteiger partial charge in [-0.3, -0.25) is 5.41 Å². The van der Waals surface area contributed by atoms with E-state index in [0.29, 0.717) is 19.0 Å². The average Bonchev–Trinajstić information content (AvgIpc) is 2.52. The maximum Gasteiger partial charge on any atom is 0.407 e. The number of nitrogens with one attached hydrogen (secondary N) is 2. The molecule has 0 spiro atoms. The van der Waals surface area contributed by atoms with Crippen LogP contribution < -0.4 is 11.1 Å². The molecule has 1 atom stereocenters. The summed E-state index contributed by atoms with van der Waals surface area (Å²) < 4.78 is 5.16. The van der Waals surface area contributed by atoms with E-state index in [4.69, 9.17) is 15.9 Å². The molecule has 1 heterocycles. The Morgan fingerprint density at radius 3 is 2.90 bits per heavy atom. The second-order valence-electron chi connectivity index (χ2n) is 5.28. The van der Waals surface area contributed by atoms with E-state index in [1.54, 1.807) is 0 Å². The molecule has 1 aromatic rings. The molecule has 0 aromatic heterocycles. The number of amides is 1. The molecule has 0 radical (unpaired) electrons. The van der Waals surface area contributed by atoms with E-state index in [-0.39, 0.29) is 12.6 Å². The number of nitrogens with two attached hydrogens (primary N) is 1. The van der Waals surface area contributed by atoms with Crippen LogP contribution in [0.1, 0.15) is 18.4 Å². The van der Waals surface area contributed by atoms with Gasteiger partial charge in [0.05, 0.1) is 0 Å². The van der Waals surface area contributed by atoms with Gasteiger partial charge in [-0.2, -0.15) is 0 Å². The van der Waals surface area contributed by atoms with Crippen molar-refractivity contribution in [3.63, 3.8) is 0 Å². The van der Waals surface area contributed by atoms with Gasteiger partial charge in [-0.1, -0.05) is 30.3 Å². The highest BCUT2D eigenvalue weighted by atomic mass is 16.5. The van der Waals surface area contributed by atoms with Crippen molar-refractivity contribution in [3.8, 4) is 0 Å². The first-order chi connectivity index (χ1) is 10.1. The zero-order chi connectivity index (χ0) is 15.1. The molecule has 0 aliphatic carbocycles. The molecule has 1 aromatic carbocycles. The van der Waals surface area contributed by atoms with Crippen LogP contribution >= 0.6 is 0 Å². The van der Waals surface area contributed by atoms with Crippen LogP contribution in [0.2, 0.25) is 0 Å². The van der Waals surface area contributed by atoms with Crippen molar-refractivity contribution in [3.05, 3.63) is 35.9 Å². The minimum atomic E-state index is -0.404. The number of carbonyl (C=O) groups excluding carboxylic acids is 1. The fourth-order valence-electron chi connectivity index (χ4n) is 2.45. The molecule has 1 amide bonds. The van der Waals surface area contributed by atoms with Gasteiger partial charge in [0.1, 0.15) is 6.61 Å².